The lowest BCUT2D eigenvalue weighted by Crippen LogP contribution is -2.44. The van der Waals surface area contributed by atoms with E-state index in [9.17, 15) is 10.1 Å². The Balaban J connectivity index is 1.58. The maximum absolute atomic E-state index is 12.1. The molecule has 128 valence electrons. The first kappa shape index (κ1) is 17.0. The third-order valence-electron chi connectivity index (χ3n) is 4.03. The van der Waals surface area contributed by atoms with Gasteiger partial charge >= 0.3 is 0 Å². The highest BCUT2D eigenvalue weighted by Gasteiger charge is 2.24. The van der Waals surface area contributed by atoms with Crippen molar-refractivity contribution in [2.45, 2.75) is 25.1 Å². The first-order valence-corrected chi connectivity index (χ1v) is 8.21. The van der Waals surface area contributed by atoms with Gasteiger partial charge in [-0.1, -0.05) is 42.5 Å². The van der Waals surface area contributed by atoms with Gasteiger partial charge in [-0.05, 0) is 29.7 Å². The molecule has 0 bridgehead atoms. The molecule has 25 heavy (non-hydrogen) atoms. The summed E-state index contributed by atoms with van der Waals surface area (Å²) in [5.41, 5.74) is 7.62. The van der Waals surface area contributed by atoms with Crippen molar-refractivity contribution < 1.29 is 9.53 Å². The monoisotopic (exact) mass is 336 g/mol. The maximum Gasteiger partial charge on any atom is 0.239 e. The molecule has 3 N–H and O–H groups in total. The van der Waals surface area contributed by atoms with Crippen LogP contribution in [0.2, 0.25) is 0 Å². The Morgan fingerprint density at radius 1 is 1.24 bits per heavy atom. The van der Waals surface area contributed by atoms with Crippen LogP contribution < -0.4 is 20.9 Å². The van der Waals surface area contributed by atoms with Gasteiger partial charge in [-0.2, -0.15) is 5.26 Å². The molecule has 1 aliphatic rings. The molecule has 0 aromatic heterocycles. The Morgan fingerprint density at radius 2 is 2.00 bits per heavy atom. The number of amides is 1. The van der Waals surface area contributed by atoms with Crippen LogP contribution >= 0.6 is 0 Å². The van der Waals surface area contributed by atoms with E-state index in [0.29, 0.717) is 13.0 Å². The number of hydrogen-bond acceptors (Lipinski definition) is 5. The van der Waals surface area contributed by atoms with Gasteiger partial charge in [0.25, 0.3) is 0 Å². The second kappa shape index (κ2) is 8.29. The lowest BCUT2D eigenvalue weighted by atomic mass is 10.1. The highest BCUT2D eigenvalue weighted by Crippen LogP contribution is 2.19. The quantitative estimate of drug-likeness (QED) is 0.749. The van der Waals surface area contributed by atoms with E-state index in [1.54, 1.807) is 12.1 Å². The maximum atomic E-state index is 12.1. The zero-order valence-corrected chi connectivity index (χ0v) is 13.7. The van der Waals surface area contributed by atoms with E-state index in [1.165, 1.54) is 0 Å². The smallest absolute Gasteiger partial charge is 0.239 e. The number of hydrogen-bond donors (Lipinski definition) is 3. The minimum Gasteiger partial charge on any atom is -0.489 e. The van der Waals surface area contributed by atoms with Crippen LogP contribution in [0, 0.1) is 11.3 Å². The molecular weight excluding hydrogens is 316 g/mol. The van der Waals surface area contributed by atoms with Crippen molar-refractivity contribution in [3.05, 3.63) is 65.7 Å². The lowest BCUT2D eigenvalue weighted by Gasteiger charge is -2.16. The second-order valence-corrected chi connectivity index (χ2v) is 5.83. The third kappa shape index (κ3) is 4.57. The lowest BCUT2D eigenvalue weighted by molar-refractivity contribution is -0.123. The summed E-state index contributed by atoms with van der Waals surface area (Å²) in [6.07, 6.45) is 0.705. The number of carbonyl (C=O) groups excluding carboxylic acids is 1. The van der Waals surface area contributed by atoms with Gasteiger partial charge < -0.3 is 10.1 Å². The van der Waals surface area contributed by atoms with E-state index >= 15 is 0 Å². The number of nitriles is 1. The molecule has 2 aromatic carbocycles. The Hall–Kier alpha value is -2.88. The Kier molecular flexibility index (Phi) is 5.62. The van der Waals surface area contributed by atoms with E-state index in [-0.39, 0.29) is 11.9 Å². The van der Waals surface area contributed by atoms with Gasteiger partial charge in [-0.15, -0.1) is 0 Å². The molecule has 3 rings (SSSR count). The molecule has 6 heteroatoms. The fraction of sp³-hybridized carbons (Fsp3) is 0.263. The second-order valence-electron chi connectivity index (χ2n) is 5.83. The standard InChI is InChI=1S/C19H20N4O2/c20-12-18(22-19(24)17-10-11-21-23-17)15-6-8-16(9-7-15)25-13-14-4-2-1-3-5-14/h1-9,17-18,21,23H,10-11,13H2,(H,22,24). The minimum absolute atomic E-state index is 0.180. The van der Waals surface area contributed by atoms with Crippen molar-refractivity contribution in [2.24, 2.45) is 0 Å². The largest absolute Gasteiger partial charge is 0.489 e. The summed E-state index contributed by atoms with van der Waals surface area (Å²) in [7, 11) is 0. The van der Waals surface area contributed by atoms with Gasteiger partial charge in [0, 0.05) is 6.54 Å². The van der Waals surface area contributed by atoms with E-state index < -0.39 is 6.04 Å². The molecule has 1 fully saturated rings. The minimum atomic E-state index is -0.682. The van der Waals surface area contributed by atoms with Gasteiger partial charge in [0.05, 0.1) is 6.07 Å². The molecule has 0 radical (unpaired) electrons. The van der Waals surface area contributed by atoms with Crippen molar-refractivity contribution in [3.63, 3.8) is 0 Å². The van der Waals surface area contributed by atoms with Crippen LogP contribution in [0.1, 0.15) is 23.6 Å². The fourth-order valence-electron chi connectivity index (χ4n) is 2.61. The van der Waals surface area contributed by atoms with Gasteiger partial charge in [-0.3, -0.25) is 10.2 Å². The van der Waals surface area contributed by atoms with Gasteiger partial charge in [0.15, 0.2) is 0 Å². The number of nitrogens with zero attached hydrogens (tertiary/aromatic N) is 1. The van der Waals surface area contributed by atoms with E-state index in [0.717, 1.165) is 23.4 Å². The third-order valence-corrected chi connectivity index (χ3v) is 4.03. The molecule has 0 aliphatic carbocycles. The van der Waals surface area contributed by atoms with Crippen LogP contribution in [0.4, 0.5) is 0 Å². The van der Waals surface area contributed by atoms with Gasteiger partial charge in [0.1, 0.15) is 24.4 Å². The van der Waals surface area contributed by atoms with Crippen LogP contribution in [0.25, 0.3) is 0 Å². The van der Waals surface area contributed by atoms with Crippen molar-refractivity contribution in [1.29, 1.82) is 5.26 Å². The first-order valence-electron chi connectivity index (χ1n) is 8.21. The number of ether oxygens (including phenoxy) is 1. The van der Waals surface area contributed by atoms with Crippen molar-refractivity contribution >= 4 is 5.91 Å². The topological polar surface area (TPSA) is 86.2 Å². The van der Waals surface area contributed by atoms with Crippen molar-refractivity contribution in [1.82, 2.24) is 16.2 Å². The Labute approximate surface area is 146 Å². The van der Waals surface area contributed by atoms with Crippen LogP contribution in [-0.4, -0.2) is 18.5 Å². The zero-order valence-electron chi connectivity index (χ0n) is 13.7. The highest BCUT2D eigenvalue weighted by molar-refractivity contribution is 5.82. The van der Waals surface area contributed by atoms with E-state index in [4.69, 9.17) is 4.74 Å². The SMILES string of the molecule is N#CC(NC(=O)C1CCNN1)c1ccc(OCc2ccccc2)cc1. The highest BCUT2D eigenvalue weighted by atomic mass is 16.5. The van der Waals surface area contributed by atoms with Crippen LogP contribution in [0.3, 0.4) is 0 Å². The van der Waals surface area contributed by atoms with E-state index in [1.807, 2.05) is 42.5 Å². The molecule has 1 heterocycles. The van der Waals surface area contributed by atoms with E-state index in [2.05, 4.69) is 22.2 Å². The molecule has 6 nitrogen and oxygen atoms in total. The predicted octanol–water partition coefficient (Wildman–Crippen LogP) is 1.81. The molecular formula is C19H20N4O2. The average molecular weight is 336 g/mol. The average Bonchev–Trinajstić information content (AvgIpc) is 3.20. The summed E-state index contributed by atoms with van der Waals surface area (Å²) in [6, 6.07) is 18.3. The van der Waals surface area contributed by atoms with Gasteiger partial charge in [-0.25, -0.2) is 5.43 Å². The molecule has 1 saturated heterocycles. The van der Waals surface area contributed by atoms with Crippen molar-refractivity contribution in [2.75, 3.05) is 6.54 Å². The van der Waals surface area contributed by atoms with Crippen molar-refractivity contribution in [3.8, 4) is 11.8 Å². The molecule has 1 aliphatic heterocycles. The summed E-state index contributed by atoms with van der Waals surface area (Å²) < 4.78 is 5.73. The summed E-state index contributed by atoms with van der Waals surface area (Å²) in [4.78, 5) is 12.1. The number of benzene rings is 2. The summed E-state index contributed by atoms with van der Waals surface area (Å²) in [5.74, 6) is 0.540. The fourth-order valence-corrected chi connectivity index (χ4v) is 2.61. The summed E-state index contributed by atoms with van der Waals surface area (Å²) in [5, 5.41) is 12.1. The Morgan fingerprint density at radius 3 is 2.64 bits per heavy atom. The summed E-state index contributed by atoms with van der Waals surface area (Å²) >= 11 is 0. The normalized spacial score (nSPS) is 17.5. The molecule has 2 atom stereocenters. The first-order chi connectivity index (χ1) is 12.3. The number of carbonyl (C=O) groups is 1. The molecule has 0 saturated carbocycles. The van der Waals surface area contributed by atoms with Crippen LogP contribution in [0.15, 0.2) is 54.6 Å². The zero-order chi connectivity index (χ0) is 17.5. The number of hydrazine groups is 1. The number of rotatable bonds is 6. The van der Waals surface area contributed by atoms with Crippen LogP contribution in [-0.2, 0) is 11.4 Å². The summed E-state index contributed by atoms with van der Waals surface area (Å²) in [6.45, 7) is 1.22. The molecule has 2 aromatic rings. The van der Waals surface area contributed by atoms with Gasteiger partial charge in [0.2, 0.25) is 5.91 Å². The Bertz CT molecular complexity index is 734. The molecule has 1 amide bonds. The molecule has 2 unspecified atom stereocenters. The molecule has 0 spiro atoms. The number of nitrogens with one attached hydrogen (secondary N) is 3. The predicted molar refractivity (Wildman–Crippen MR) is 93.3 cm³/mol. The van der Waals surface area contributed by atoms with Crippen LogP contribution in [0.5, 0.6) is 5.75 Å².